The van der Waals surface area contributed by atoms with Gasteiger partial charge in [0.2, 0.25) is 0 Å². The number of anilines is 1. The van der Waals surface area contributed by atoms with Crippen molar-refractivity contribution in [3.8, 4) is 11.4 Å². The highest BCUT2D eigenvalue weighted by atomic mass is 16.5. The lowest BCUT2D eigenvalue weighted by atomic mass is 9.91. The van der Waals surface area contributed by atoms with E-state index in [1.807, 2.05) is 24.3 Å². The molecule has 0 spiro atoms. The molecule has 2 heterocycles. The van der Waals surface area contributed by atoms with Crippen LogP contribution in [-0.2, 0) is 16.6 Å². The summed E-state index contributed by atoms with van der Waals surface area (Å²) in [7, 11) is 3.36. The molecule has 1 fully saturated rings. The number of piperidine rings is 1. The van der Waals surface area contributed by atoms with Crippen LogP contribution in [0.25, 0.3) is 11.4 Å². The Kier molecular flexibility index (Phi) is 4.35. The van der Waals surface area contributed by atoms with Crippen molar-refractivity contribution in [3.05, 3.63) is 24.3 Å². The van der Waals surface area contributed by atoms with Gasteiger partial charge in [-0.25, -0.2) is 4.68 Å². The van der Waals surface area contributed by atoms with Crippen LogP contribution >= 0.6 is 0 Å². The van der Waals surface area contributed by atoms with Gasteiger partial charge < -0.3 is 15.4 Å². The maximum absolute atomic E-state index is 12.7. The van der Waals surface area contributed by atoms with Crippen molar-refractivity contribution in [3.63, 3.8) is 0 Å². The summed E-state index contributed by atoms with van der Waals surface area (Å²) in [4.78, 5) is 12.7. The van der Waals surface area contributed by atoms with E-state index in [0.717, 1.165) is 18.7 Å². The van der Waals surface area contributed by atoms with Crippen LogP contribution in [0.1, 0.15) is 12.8 Å². The number of nitrogens with zero attached hydrogens (tertiary/aromatic N) is 4. The molecule has 0 atom stereocenters. The zero-order valence-corrected chi connectivity index (χ0v) is 13.2. The number of benzene rings is 1. The van der Waals surface area contributed by atoms with Gasteiger partial charge in [0.1, 0.15) is 5.60 Å². The number of aryl methyl sites for hydroxylation is 1. The second-order valence-electron chi connectivity index (χ2n) is 5.61. The van der Waals surface area contributed by atoms with Crippen molar-refractivity contribution in [2.45, 2.75) is 18.4 Å². The van der Waals surface area contributed by atoms with Gasteiger partial charge in [0.05, 0.1) is 0 Å². The highest BCUT2D eigenvalue weighted by molar-refractivity contribution is 5.97. The summed E-state index contributed by atoms with van der Waals surface area (Å²) in [6, 6.07) is 7.46. The Morgan fingerprint density at radius 1 is 1.39 bits per heavy atom. The number of aromatic nitrogens is 4. The second-order valence-corrected chi connectivity index (χ2v) is 5.61. The standard InChI is InChI=1S/C15H20N6O2/c1-21-13(18-19-20-21)11-4-3-5-12(10-11)17-14(22)15(23-2)6-8-16-9-7-15/h3-5,10,16H,6-9H2,1-2H3,(H,17,22). The van der Waals surface area contributed by atoms with E-state index in [1.165, 1.54) is 0 Å². The highest BCUT2D eigenvalue weighted by Gasteiger charge is 2.39. The van der Waals surface area contributed by atoms with Crippen LogP contribution in [0, 0.1) is 0 Å². The van der Waals surface area contributed by atoms with E-state index in [2.05, 4.69) is 26.2 Å². The molecule has 8 nitrogen and oxygen atoms in total. The molecular weight excluding hydrogens is 296 g/mol. The first kappa shape index (κ1) is 15.6. The monoisotopic (exact) mass is 316 g/mol. The van der Waals surface area contributed by atoms with E-state index in [0.29, 0.717) is 24.4 Å². The lowest BCUT2D eigenvalue weighted by Gasteiger charge is -2.34. The molecule has 0 bridgehead atoms. The minimum absolute atomic E-state index is 0.116. The van der Waals surface area contributed by atoms with Crippen molar-refractivity contribution in [1.29, 1.82) is 0 Å². The van der Waals surface area contributed by atoms with Crippen molar-refractivity contribution in [1.82, 2.24) is 25.5 Å². The van der Waals surface area contributed by atoms with Crippen molar-refractivity contribution in [2.75, 3.05) is 25.5 Å². The van der Waals surface area contributed by atoms with E-state index in [-0.39, 0.29) is 5.91 Å². The van der Waals surface area contributed by atoms with Crippen molar-refractivity contribution in [2.24, 2.45) is 7.05 Å². The van der Waals surface area contributed by atoms with E-state index < -0.39 is 5.60 Å². The number of methoxy groups -OCH3 is 1. The van der Waals surface area contributed by atoms with E-state index >= 15 is 0 Å². The molecule has 1 amide bonds. The Balaban J connectivity index is 1.80. The molecular formula is C15H20N6O2. The molecule has 0 unspecified atom stereocenters. The van der Waals surface area contributed by atoms with Crippen LogP contribution in [0.15, 0.2) is 24.3 Å². The van der Waals surface area contributed by atoms with Crippen molar-refractivity contribution >= 4 is 11.6 Å². The molecule has 0 saturated carbocycles. The van der Waals surface area contributed by atoms with Crippen LogP contribution in [0.4, 0.5) is 5.69 Å². The fourth-order valence-electron chi connectivity index (χ4n) is 2.81. The molecule has 1 aliphatic rings. The number of hydrogen-bond donors (Lipinski definition) is 2. The number of carbonyl (C=O) groups is 1. The normalized spacial score (nSPS) is 17.0. The van der Waals surface area contributed by atoms with Gasteiger partial charge in [-0.1, -0.05) is 12.1 Å². The average molecular weight is 316 g/mol. The Labute approximate surface area is 134 Å². The van der Waals surface area contributed by atoms with Crippen LogP contribution in [0.3, 0.4) is 0 Å². The number of nitrogens with one attached hydrogen (secondary N) is 2. The zero-order chi connectivity index (χ0) is 16.3. The number of carbonyl (C=O) groups excluding carboxylic acids is 1. The Morgan fingerprint density at radius 2 is 2.17 bits per heavy atom. The highest BCUT2D eigenvalue weighted by Crippen LogP contribution is 2.26. The summed E-state index contributed by atoms with van der Waals surface area (Å²) in [6.07, 6.45) is 1.31. The van der Waals surface area contributed by atoms with Crippen molar-refractivity contribution < 1.29 is 9.53 Å². The quantitative estimate of drug-likeness (QED) is 0.857. The van der Waals surface area contributed by atoms with Crippen LogP contribution in [0.2, 0.25) is 0 Å². The summed E-state index contributed by atoms with van der Waals surface area (Å²) in [5.41, 5.74) is 0.769. The summed E-state index contributed by atoms with van der Waals surface area (Å²) in [5.74, 6) is 0.527. The van der Waals surface area contributed by atoms with E-state index in [9.17, 15) is 4.79 Å². The predicted molar refractivity (Wildman–Crippen MR) is 84.7 cm³/mol. The van der Waals surface area contributed by atoms with Gasteiger partial charge in [-0.05, 0) is 48.5 Å². The molecule has 1 aromatic carbocycles. The van der Waals surface area contributed by atoms with Gasteiger partial charge in [0.15, 0.2) is 5.82 Å². The second kappa shape index (κ2) is 6.43. The van der Waals surface area contributed by atoms with Gasteiger partial charge in [0.25, 0.3) is 5.91 Å². The lowest BCUT2D eigenvalue weighted by molar-refractivity contribution is -0.140. The molecule has 23 heavy (non-hydrogen) atoms. The van der Waals surface area contributed by atoms with Crippen LogP contribution in [0.5, 0.6) is 0 Å². The Bertz CT molecular complexity index is 693. The summed E-state index contributed by atoms with van der Waals surface area (Å²) in [5, 5.41) is 17.6. The molecule has 2 N–H and O–H groups in total. The molecule has 8 heteroatoms. The third-order valence-electron chi connectivity index (χ3n) is 4.21. The van der Waals surface area contributed by atoms with Gasteiger partial charge in [-0.2, -0.15) is 0 Å². The van der Waals surface area contributed by atoms with E-state index in [4.69, 9.17) is 4.74 Å². The topological polar surface area (TPSA) is 94.0 Å². The lowest BCUT2D eigenvalue weighted by Crippen LogP contribution is -2.51. The summed E-state index contributed by atoms with van der Waals surface area (Å²) >= 11 is 0. The summed E-state index contributed by atoms with van der Waals surface area (Å²) < 4.78 is 7.13. The predicted octanol–water partition coefficient (Wildman–Crippen LogP) is 0.584. The molecule has 2 aromatic rings. The molecule has 122 valence electrons. The number of hydrogen-bond acceptors (Lipinski definition) is 6. The third kappa shape index (κ3) is 3.08. The Morgan fingerprint density at radius 3 is 2.83 bits per heavy atom. The molecule has 1 aliphatic heterocycles. The molecule has 3 rings (SSSR count). The largest absolute Gasteiger partial charge is 0.368 e. The van der Waals surface area contributed by atoms with E-state index in [1.54, 1.807) is 18.8 Å². The average Bonchev–Trinajstić information content (AvgIpc) is 3.01. The first-order valence-corrected chi connectivity index (χ1v) is 7.55. The molecule has 0 aliphatic carbocycles. The third-order valence-corrected chi connectivity index (χ3v) is 4.21. The van der Waals surface area contributed by atoms with Crippen LogP contribution < -0.4 is 10.6 Å². The molecule has 1 saturated heterocycles. The number of rotatable bonds is 4. The minimum Gasteiger partial charge on any atom is -0.368 e. The first-order chi connectivity index (χ1) is 11.1. The number of amides is 1. The first-order valence-electron chi connectivity index (χ1n) is 7.55. The van der Waals surface area contributed by atoms with Gasteiger partial charge in [-0.3, -0.25) is 4.79 Å². The maximum atomic E-state index is 12.7. The zero-order valence-electron chi connectivity index (χ0n) is 13.2. The van der Waals surface area contributed by atoms with Gasteiger partial charge in [-0.15, -0.1) is 5.10 Å². The fourth-order valence-corrected chi connectivity index (χ4v) is 2.81. The number of ether oxygens (including phenoxy) is 1. The fraction of sp³-hybridized carbons (Fsp3) is 0.467. The van der Waals surface area contributed by atoms with Gasteiger partial charge >= 0.3 is 0 Å². The van der Waals surface area contributed by atoms with Crippen LogP contribution in [-0.4, -0.2) is 51.9 Å². The Hall–Kier alpha value is -2.32. The number of tetrazole rings is 1. The smallest absolute Gasteiger partial charge is 0.256 e. The summed E-state index contributed by atoms with van der Waals surface area (Å²) in [6.45, 7) is 1.54. The minimum atomic E-state index is -0.770. The molecule has 1 aromatic heterocycles. The SMILES string of the molecule is COC1(C(=O)Nc2cccc(-c3nnnn3C)c2)CCNCC1. The molecule has 0 radical (unpaired) electrons. The van der Waals surface area contributed by atoms with Gasteiger partial charge in [0, 0.05) is 25.4 Å². The maximum Gasteiger partial charge on any atom is 0.256 e.